The van der Waals surface area contributed by atoms with Crippen molar-refractivity contribution in [3.05, 3.63) is 17.5 Å². The molecule has 0 N–H and O–H groups in total. The highest BCUT2D eigenvalue weighted by Crippen LogP contribution is 2.37. The zero-order chi connectivity index (χ0) is 15.5. The second-order valence-corrected chi connectivity index (χ2v) is 6.69. The number of aryl methyl sites for hydroxylation is 1. The topological polar surface area (TPSA) is 55.6 Å². The third-order valence-electron chi connectivity index (χ3n) is 4.57. The van der Waals surface area contributed by atoms with E-state index in [4.69, 9.17) is 9.26 Å². The van der Waals surface area contributed by atoms with Crippen molar-refractivity contribution in [3.8, 4) is 0 Å². The van der Waals surface area contributed by atoms with Crippen molar-refractivity contribution in [1.29, 1.82) is 0 Å². The first-order chi connectivity index (χ1) is 10.7. The fourth-order valence-corrected chi connectivity index (χ4v) is 3.15. The van der Waals surface area contributed by atoms with Crippen LogP contribution in [-0.2, 0) is 16.0 Å². The van der Waals surface area contributed by atoms with E-state index in [9.17, 15) is 4.79 Å². The molecular formula is C17H26N2O3. The van der Waals surface area contributed by atoms with Crippen LogP contribution in [0.15, 0.2) is 10.6 Å². The Morgan fingerprint density at radius 3 is 2.86 bits per heavy atom. The van der Waals surface area contributed by atoms with E-state index in [1.165, 1.54) is 19.3 Å². The summed E-state index contributed by atoms with van der Waals surface area (Å²) >= 11 is 0. The average molecular weight is 306 g/mol. The van der Waals surface area contributed by atoms with E-state index in [0.717, 1.165) is 31.6 Å². The molecule has 1 aromatic heterocycles. The van der Waals surface area contributed by atoms with Crippen molar-refractivity contribution in [2.45, 2.75) is 64.6 Å². The molecule has 5 heteroatoms. The first-order valence-electron chi connectivity index (χ1n) is 8.51. The molecule has 0 bridgehead atoms. The second-order valence-electron chi connectivity index (χ2n) is 6.69. The van der Waals surface area contributed by atoms with Gasteiger partial charge in [-0.2, -0.15) is 0 Å². The number of hydrogen-bond acceptors (Lipinski definition) is 4. The Morgan fingerprint density at radius 2 is 2.23 bits per heavy atom. The van der Waals surface area contributed by atoms with Crippen LogP contribution in [0.2, 0.25) is 0 Å². The Labute approximate surface area is 132 Å². The van der Waals surface area contributed by atoms with Gasteiger partial charge >= 0.3 is 0 Å². The van der Waals surface area contributed by atoms with Gasteiger partial charge in [-0.25, -0.2) is 0 Å². The quantitative estimate of drug-likeness (QED) is 0.811. The van der Waals surface area contributed by atoms with Gasteiger partial charge in [-0.05, 0) is 32.1 Å². The number of carbonyl (C=O) groups is 1. The molecule has 0 unspecified atom stereocenters. The minimum Gasteiger partial charge on any atom is -0.371 e. The van der Waals surface area contributed by atoms with E-state index in [1.807, 2.05) is 17.9 Å². The molecule has 1 aromatic rings. The number of aromatic nitrogens is 1. The van der Waals surface area contributed by atoms with Crippen LogP contribution >= 0.6 is 0 Å². The predicted octanol–water partition coefficient (Wildman–Crippen LogP) is 2.72. The third kappa shape index (κ3) is 3.88. The largest absolute Gasteiger partial charge is 0.371 e. The van der Waals surface area contributed by atoms with Crippen LogP contribution in [0.1, 0.15) is 50.5 Å². The lowest BCUT2D eigenvalue weighted by molar-refractivity contribution is -0.147. The maximum Gasteiger partial charge on any atom is 0.230 e. The second kappa shape index (κ2) is 6.82. The Bertz CT molecular complexity index is 510. The summed E-state index contributed by atoms with van der Waals surface area (Å²) in [4.78, 5) is 14.5. The summed E-state index contributed by atoms with van der Waals surface area (Å²) < 4.78 is 11.4. The highest BCUT2D eigenvalue weighted by molar-refractivity contribution is 5.78. The molecule has 0 aromatic carbocycles. The lowest BCUT2D eigenvalue weighted by atomic mass is 10.1. The van der Waals surface area contributed by atoms with E-state index in [1.54, 1.807) is 0 Å². The van der Waals surface area contributed by atoms with Gasteiger partial charge in [0, 0.05) is 19.2 Å². The zero-order valence-electron chi connectivity index (χ0n) is 13.6. The van der Waals surface area contributed by atoms with Gasteiger partial charge in [0.2, 0.25) is 5.91 Å². The molecule has 1 amide bonds. The van der Waals surface area contributed by atoms with Crippen LogP contribution in [0.25, 0.3) is 0 Å². The monoisotopic (exact) mass is 306 g/mol. The van der Waals surface area contributed by atoms with Crippen LogP contribution in [0, 0.1) is 12.8 Å². The smallest absolute Gasteiger partial charge is 0.230 e. The molecule has 1 aliphatic carbocycles. The van der Waals surface area contributed by atoms with Crippen LogP contribution < -0.4 is 0 Å². The van der Waals surface area contributed by atoms with Gasteiger partial charge in [-0.15, -0.1) is 0 Å². The molecule has 22 heavy (non-hydrogen) atoms. The average Bonchev–Trinajstić information content (AvgIpc) is 3.28. The molecule has 2 fully saturated rings. The van der Waals surface area contributed by atoms with Gasteiger partial charge < -0.3 is 14.2 Å². The summed E-state index contributed by atoms with van der Waals surface area (Å²) in [5.74, 6) is 1.45. The summed E-state index contributed by atoms with van der Waals surface area (Å²) in [6.45, 7) is 5.51. The predicted molar refractivity (Wildman–Crippen MR) is 82.4 cm³/mol. The van der Waals surface area contributed by atoms with Gasteiger partial charge in [0.1, 0.15) is 5.76 Å². The van der Waals surface area contributed by atoms with E-state index >= 15 is 0 Å². The molecule has 5 nitrogen and oxygen atoms in total. The standard InChI is InChI=1S/C17H26N2O3/c1-3-4-5-14-10-19(11-16(21-14)13-6-7-13)17(20)9-15-8-12(2)18-22-15/h8,13-14,16H,3-7,9-11H2,1-2H3/t14-,16-/m1/s1. The Balaban J connectivity index is 1.60. The molecule has 0 spiro atoms. The zero-order valence-corrected chi connectivity index (χ0v) is 13.6. The van der Waals surface area contributed by atoms with Gasteiger partial charge in [-0.1, -0.05) is 24.9 Å². The molecular weight excluding hydrogens is 280 g/mol. The highest BCUT2D eigenvalue weighted by Gasteiger charge is 2.39. The van der Waals surface area contributed by atoms with Crippen LogP contribution in [0.3, 0.4) is 0 Å². The molecule has 1 aliphatic heterocycles. The minimum absolute atomic E-state index is 0.131. The van der Waals surface area contributed by atoms with E-state index in [-0.39, 0.29) is 18.1 Å². The maximum absolute atomic E-state index is 12.6. The van der Waals surface area contributed by atoms with Gasteiger partial charge in [0.15, 0.2) is 0 Å². The van der Waals surface area contributed by atoms with E-state index < -0.39 is 0 Å². The number of unbranched alkanes of at least 4 members (excludes halogenated alkanes) is 1. The van der Waals surface area contributed by atoms with Crippen molar-refractivity contribution < 1.29 is 14.1 Å². The van der Waals surface area contributed by atoms with Crippen molar-refractivity contribution in [3.63, 3.8) is 0 Å². The van der Waals surface area contributed by atoms with Gasteiger partial charge in [-0.3, -0.25) is 4.79 Å². The van der Waals surface area contributed by atoms with Crippen LogP contribution in [0.5, 0.6) is 0 Å². The Morgan fingerprint density at radius 1 is 1.41 bits per heavy atom. The van der Waals surface area contributed by atoms with Crippen molar-refractivity contribution in [2.75, 3.05) is 13.1 Å². The minimum atomic E-state index is 0.131. The molecule has 1 saturated carbocycles. The maximum atomic E-state index is 12.6. The highest BCUT2D eigenvalue weighted by atomic mass is 16.5. The number of amides is 1. The van der Waals surface area contributed by atoms with Gasteiger partial charge in [0.05, 0.1) is 24.3 Å². The normalized spacial score (nSPS) is 25.5. The fourth-order valence-electron chi connectivity index (χ4n) is 3.15. The Kier molecular flexibility index (Phi) is 4.81. The van der Waals surface area contributed by atoms with E-state index in [2.05, 4.69) is 12.1 Å². The van der Waals surface area contributed by atoms with Crippen molar-refractivity contribution in [2.24, 2.45) is 5.92 Å². The molecule has 122 valence electrons. The molecule has 2 heterocycles. The lowest BCUT2D eigenvalue weighted by Crippen LogP contribution is -2.51. The fraction of sp³-hybridized carbons (Fsp3) is 0.765. The number of carbonyl (C=O) groups excluding carboxylic acids is 1. The van der Waals surface area contributed by atoms with Crippen LogP contribution in [-0.4, -0.2) is 41.3 Å². The van der Waals surface area contributed by atoms with Crippen molar-refractivity contribution >= 4 is 5.91 Å². The first-order valence-corrected chi connectivity index (χ1v) is 8.51. The molecule has 0 radical (unpaired) electrons. The summed E-state index contributed by atoms with van der Waals surface area (Å²) in [7, 11) is 0. The molecule has 2 atom stereocenters. The number of rotatable bonds is 6. The summed E-state index contributed by atoms with van der Waals surface area (Å²) in [5.41, 5.74) is 0.821. The molecule has 2 aliphatic rings. The Hall–Kier alpha value is -1.36. The molecule has 1 saturated heterocycles. The van der Waals surface area contributed by atoms with E-state index in [0.29, 0.717) is 18.1 Å². The number of morpholine rings is 1. The summed E-state index contributed by atoms with van der Waals surface area (Å²) in [6, 6.07) is 1.84. The van der Waals surface area contributed by atoms with Gasteiger partial charge in [0.25, 0.3) is 0 Å². The van der Waals surface area contributed by atoms with Crippen LogP contribution in [0.4, 0.5) is 0 Å². The SMILES string of the molecule is CCCC[C@@H]1CN(C(=O)Cc2cc(C)no2)C[C@H](C2CC2)O1. The number of hydrogen-bond donors (Lipinski definition) is 0. The number of ether oxygens (including phenoxy) is 1. The number of nitrogens with zero attached hydrogens (tertiary/aromatic N) is 2. The first kappa shape index (κ1) is 15.5. The summed E-state index contributed by atoms with van der Waals surface area (Å²) in [5, 5.41) is 3.85. The molecule has 3 rings (SSSR count). The summed E-state index contributed by atoms with van der Waals surface area (Å²) in [6.07, 6.45) is 6.59. The lowest BCUT2D eigenvalue weighted by Gasteiger charge is -2.38. The third-order valence-corrected chi connectivity index (χ3v) is 4.57. The van der Waals surface area contributed by atoms with Crippen molar-refractivity contribution in [1.82, 2.24) is 10.1 Å².